The van der Waals surface area contributed by atoms with Crippen molar-refractivity contribution in [2.45, 2.75) is 31.8 Å². The molecule has 1 fully saturated rings. The lowest BCUT2D eigenvalue weighted by molar-refractivity contribution is -0.122. The fourth-order valence-corrected chi connectivity index (χ4v) is 3.59. The van der Waals surface area contributed by atoms with Gasteiger partial charge in [-0.05, 0) is 53.1 Å². The van der Waals surface area contributed by atoms with Crippen molar-refractivity contribution < 1.29 is 9.59 Å². The molecule has 9 heteroatoms. The number of rotatable bonds is 6. The smallest absolute Gasteiger partial charge is 0.253 e. The van der Waals surface area contributed by atoms with Gasteiger partial charge in [-0.3, -0.25) is 9.59 Å². The number of piperidine rings is 1. The lowest BCUT2D eigenvalue weighted by Gasteiger charge is -2.33. The van der Waals surface area contributed by atoms with E-state index in [4.69, 9.17) is 0 Å². The maximum atomic E-state index is 13.0. The standard InChI is InChI=1S/C20H23N7O2/c28-19(8-11-27-14-22-24-25-27)23-17-6-3-10-26(13-17)20(29)16-5-1-4-15(12-16)18-7-2-9-21-18/h1-2,4-5,7,9,12,14,17,21H,3,6,8,10-11,13H2,(H,23,28). The van der Waals surface area contributed by atoms with Gasteiger partial charge >= 0.3 is 0 Å². The molecule has 1 unspecified atom stereocenters. The number of carbonyl (C=O) groups is 2. The van der Waals surface area contributed by atoms with Crippen molar-refractivity contribution in [1.29, 1.82) is 0 Å². The summed E-state index contributed by atoms with van der Waals surface area (Å²) in [5, 5.41) is 13.9. The van der Waals surface area contributed by atoms with Gasteiger partial charge in [-0.15, -0.1) is 5.10 Å². The van der Waals surface area contributed by atoms with Gasteiger partial charge in [0.1, 0.15) is 6.33 Å². The number of hydrogen-bond donors (Lipinski definition) is 2. The number of nitrogens with one attached hydrogen (secondary N) is 2. The van der Waals surface area contributed by atoms with E-state index in [0.717, 1.165) is 24.1 Å². The summed E-state index contributed by atoms with van der Waals surface area (Å²) >= 11 is 0. The van der Waals surface area contributed by atoms with Crippen molar-refractivity contribution in [3.63, 3.8) is 0 Å². The van der Waals surface area contributed by atoms with Crippen molar-refractivity contribution in [2.75, 3.05) is 13.1 Å². The Morgan fingerprint density at radius 3 is 2.97 bits per heavy atom. The van der Waals surface area contributed by atoms with Crippen molar-refractivity contribution in [3.05, 3.63) is 54.5 Å². The van der Waals surface area contributed by atoms with Gasteiger partial charge in [-0.25, -0.2) is 4.68 Å². The Hall–Kier alpha value is -3.49. The van der Waals surface area contributed by atoms with Crippen molar-refractivity contribution in [3.8, 4) is 11.3 Å². The first kappa shape index (κ1) is 18.9. The molecule has 3 aromatic rings. The molecule has 2 amide bonds. The molecule has 9 nitrogen and oxygen atoms in total. The second-order valence-electron chi connectivity index (χ2n) is 7.15. The number of nitrogens with zero attached hydrogens (tertiary/aromatic N) is 5. The number of likely N-dealkylation sites (tertiary alicyclic amines) is 1. The Kier molecular flexibility index (Phi) is 5.64. The minimum absolute atomic E-state index is 0.00829. The molecule has 2 aromatic heterocycles. The molecular weight excluding hydrogens is 370 g/mol. The molecule has 0 saturated carbocycles. The summed E-state index contributed by atoms with van der Waals surface area (Å²) < 4.78 is 1.52. The van der Waals surface area contributed by atoms with Gasteiger partial charge in [0.25, 0.3) is 5.91 Å². The van der Waals surface area contributed by atoms with Crippen LogP contribution < -0.4 is 5.32 Å². The summed E-state index contributed by atoms with van der Waals surface area (Å²) in [5.41, 5.74) is 2.61. The summed E-state index contributed by atoms with van der Waals surface area (Å²) in [6, 6.07) is 11.5. The van der Waals surface area contributed by atoms with Crippen molar-refractivity contribution >= 4 is 11.8 Å². The van der Waals surface area contributed by atoms with E-state index < -0.39 is 0 Å². The highest BCUT2D eigenvalue weighted by Crippen LogP contribution is 2.20. The largest absolute Gasteiger partial charge is 0.361 e. The third-order valence-corrected chi connectivity index (χ3v) is 5.05. The van der Waals surface area contributed by atoms with Gasteiger partial charge in [0.2, 0.25) is 5.91 Å². The second kappa shape index (κ2) is 8.68. The van der Waals surface area contributed by atoms with Gasteiger partial charge in [-0.2, -0.15) is 0 Å². The maximum Gasteiger partial charge on any atom is 0.253 e. The Balaban J connectivity index is 1.35. The molecule has 2 N–H and O–H groups in total. The number of aromatic nitrogens is 5. The lowest BCUT2D eigenvalue weighted by Crippen LogP contribution is -2.49. The van der Waals surface area contributed by atoms with E-state index >= 15 is 0 Å². The van der Waals surface area contributed by atoms with E-state index in [-0.39, 0.29) is 17.9 Å². The minimum Gasteiger partial charge on any atom is -0.361 e. The molecule has 3 heterocycles. The van der Waals surface area contributed by atoms with Crippen LogP contribution in [0.1, 0.15) is 29.6 Å². The van der Waals surface area contributed by atoms with E-state index in [2.05, 4.69) is 25.8 Å². The number of aromatic amines is 1. The first-order valence-corrected chi connectivity index (χ1v) is 9.72. The van der Waals surface area contributed by atoms with Crippen LogP contribution in [0, 0.1) is 0 Å². The number of H-pyrrole nitrogens is 1. The van der Waals surface area contributed by atoms with Gasteiger partial charge in [-0.1, -0.05) is 12.1 Å². The molecule has 1 atom stereocenters. The van der Waals surface area contributed by atoms with Gasteiger partial charge in [0.15, 0.2) is 0 Å². The molecule has 0 radical (unpaired) electrons. The molecule has 0 aliphatic carbocycles. The Morgan fingerprint density at radius 2 is 2.17 bits per heavy atom. The SMILES string of the molecule is O=C(CCn1cnnn1)NC1CCCN(C(=O)c2cccc(-c3ccc[nH]3)c2)C1. The molecule has 0 bridgehead atoms. The highest BCUT2D eigenvalue weighted by molar-refractivity contribution is 5.95. The fraction of sp³-hybridized carbons (Fsp3) is 0.350. The molecule has 4 rings (SSSR count). The van der Waals surface area contributed by atoms with E-state index in [9.17, 15) is 9.59 Å². The number of tetrazole rings is 1. The molecule has 1 saturated heterocycles. The van der Waals surface area contributed by atoms with Crippen LogP contribution in [0.25, 0.3) is 11.3 Å². The third-order valence-electron chi connectivity index (χ3n) is 5.05. The predicted octanol–water partition coefficient (Wildman–Crippen LogP) is 1.48. The van der Waals surface area contributed by atoms with Crippen LogP contribution in [0.3, 0.4) is 0 Å². The third kappa shape index (κ3) is 4.68. The lowest BCUT2D eigenvalue weighted by atomic mass is 10.0. The zero-order chi connectivity index (χ0) is 20.1. The summed E-state index contributed by atoms with van der Waals surface area (Å²) in [4.78, 5) is 30.2. The fourth-order valence-electron chi connectivity index (χ4n) is 3.59. The average molecular weight is 393 g/mol. The van der Waals surface area contributed by atoms with Crippen LogP contribution in [0.4, 0.5) is 0 Å². The number of benzene rings is 1. The highest BCUT2D eigenvalue weighted by atomic mass is 16.2. The van der Waals surface area contributed by atoms with Crippen LogP contribution in [-0.2, 0) is 11.3 Å². The maximum absolute atomic E-state index is 13.0. The Bertz CT molecular complexity index is 953. The van der Waals surface area contributed by atoms with Crippen molar-refractivity contribution in [2.24, 2.45) is 0 Å². The van der Waals surface area contributed by atoms with Crippen LogP contribution in [-0.4, -0.2) is 61.0 Å². The van der Waals surface area contributed by atoms with Crippen LogP contribution in [0.5, 0.6) is 0 Å². The summed E-state index contributed by atoms with van der Waals surface area (Å²) in [7, 11) is 0. The van der Waals surface area contributed by atoms with E-state index in [1.165, 1.54) is 11.0 Å². The quantitative estimate of drug-likeness (QED) is 0.659. The van der Waals surface area contributed by atoms with Gasteiger partial charge in [0.05, 0.1) is 6.54 Å². The number of aryl methyl sites for hydroxylation is 1. The summed E-state index contributed by atoms with van der Waals surface area (Å²) in [6.45, 7) is 1.64. The average Bonchev–Trinajstić information content (AvgIpc) is 3.46. The first-order valence-electron chi connectivity index (χ1n) is 9.72. The number of hydrogen-bond acceptors (Lipinski definition) is 5. The van der Waals surface area contributed by atoms with Gasteiger partial charge < -0.3 is 15.2 Å². The molecule has 1 aliphatic heterocycles. The van der Waals surface area contributed by atoms with E-state index in [1.54, 1.807) is 0 Å². The Labute approximate surface area is 168 Å². The van der Waals surface area contributed by atoms with E-state index in [1.807, 2.05) is 47.5 Å². The molecule has 150 valence electrons. The van der Waals surface area contributed by atoms with Crippen molar-refractivity contribution in [1.82, 2.24) is 35.4 Å². The van der Waals surface area contributed by atoms with Crippen LogP contribution >= 0.6 is 0 Å². The first-order chi connectivity index (χ1) is 14.2. The topological polar surface area (TPSA) is 109 Å². The number of amides is 2. The Morgan fingerprint density at radius 1 is 1.24 bits per heavy atom. The van der Waals surface area contributed by atoms with Crippen LogP contribution in [0.15, 0.2) is 48.9 Å². The molecular formula is C20H23N7O2. The zero-order valence-corrected chi connectivity index (χ0v) is 16.0. The highest BCUT2D eigenvalue weighted by Gasteiger charge is 2.25. The molecule has 0 spiro atoms. The molecule has 29 heavy (non-hydrogen) atoms. The van der Waals surface area contributed by atoms with E-state index in [0.29, 0.717) is 31.6 Å². The normalized spacial score (nSPS) is 16.6. The zero-order valence-electron chi connectivity index (χ0n) is 16.0. The van der Waals surface area contributed by atoms with Gasteiger partial charge in [0, 0.05) is 43.0 Å². The summed E-state index contributed by atoms with van der Waals surface area (Å²) in [5.74, 6) is -0.0698. The molecule has 1 aliphatic rings. The summed E-state index contributed by atoms with van der Waals surface area (Å²) in [6.07, 6.45) is 5.37. The number of carbonyl (C=O) groups excluding carboxylic acids is 2. The second-order valence-corrected chi connectivity index (χ2v) is 7.15. The monoisotopic (exact) mass is 393 g/mol. The molecule has 1 aromatic carbocycles. The van der Waals surface area contributed by atoms with Crippen LogP contribution in [0.2, 0.25) is 0 Å². The minimum atomic E-state index is -0.0615. The predicted molar refractivity (Wildman–Crippen MR) is 106 cm³/mol.